The van der Waals surface area contributed by atoms with Crippen molar-refractivity contribution >= 4 is 56.5 Å². The van der Waals surface area contributed by atoms with E-state index in [-0.39, 0.29) is 6.03 Å². The minimum Gasteiger partial charge on any atom is -0.306 e. The molecule has 3 nitrogen and oxygen atoms in total. The van der Waals surface area contributed by atoms with Crippen molar-refractivity contribution in [3.8, 4) is 0 Å². The van der Waals surface area contributed by atoms with Gasteiger partial charge < -0.3 is 5.32 Å². The summed E-state index contributed by atoms with van der Waals surface area (Å²) in [5.41, 5.74) is 1.24. The van der Waals surface area contributed by atoms with Crippen LogP contribution >= 0.6 is 39.1 Å². The monoisotopic (exact) mass is 372 g/mol. The number of halogens is 3. The number of benzene rings is 2. The SMILES string of the molecule is CN(C(=O)Nc1cc(Cl)ccc1Cl)c1cccc(Br)c1. The van der Waals surface area contributed by atoms with Gasteiger partial charge in [-0.15, -0.1) is 0 Å². The molecule has 0 saturated heterocycles. The third kappa shape index (κ3) is 3.66. The maximum Gasteiger partial charge on any atom is 0.326 e. The molecule has 2 aromatic carbocycles. The molecule has 0 saturated carbocycles. The Morgan fingerprint density at radius 1 is 1.20 bits per heavy atom. The van der Waals surface area contributed by atoms with Crippen LogP contribution in [0.2, 0.25) is 10.0 Å². The van der Waals surface area contributed by atoms with E-state index in [9.17, 15) is 4.79 Å². The highest BCUT2D eigenvalue weighted by Gasteiger charge is 2.13. The van der Waals surface area contributed by atoms with Gasteiger partial charge in [0.2, 0.25) is 0 Å². The molecule has 0 unspecified atom stereocenters. The van der Waals surface area contributed by atoms with E-state index < -0.39 is 0 Å². The van der Waals surface area contributed by atoms with Gasteiger partial charge in [0, 0.05) is 22.2 Å². The van der Waals surface area contributed by atoms with Gasteiger partial charge in [-0.1, -0.05) is 45.2 Å². The molecule has 2 amide bonds. The Morgan fingerprint density at radius 3 is 2.65 bits per heavy atom. The highest BCUT2D eigenvalue weighted by molar-refractivity contribution is 9.10. The van der Waals surface area contributed by atoms with Crippen molar-refractivity contribution < 1.29 is 4.79 Å². The Labute approximate surface area is 135 Å². The highest BCUT2D eigenvalue weighted by atomic mass is 79.9. The molecule has 1 N–H and O–H groups in total. The van der Waals surface area contributed by atoms with Crippen LogP contribution in [-0.4, -0.2) is 13.1 Å². The number of carbonyl (C=O) groups is 1. The lowest BCUT2D eigenvalue weighted by Crippen LogP contribution is -2.31. The first-order chi connectivity index (χ1) is 9.47. The summed E-state index contributed by atoms with van der Waals surface area (Å²) in [7, 11) is 1.68. The van der Waals surface area contributed by atoms with Crippen molar-refractivity contribution in [2.45, 2.75) is 0 Å². The number of nitrogens with one attached hydrogen (secondary N) is 1. The fraction of sp³-hybridized carbons (Fsp3) is 0.0714. The Bertz CT molecular complexity index is 649. The molecule has 104 valence electrons. The van der Waals surface area contributed by atoms with Gasteiger partial charge in [0.25, 0.3) is 0 Å². The van der Waals surface area contributed by atoms with Crippen molar-refractivity contribution in [2.24, 2.45) is 0 Å². The zero-order valence-electron chi connectivity index (χ0n) is 10.5. The molecular formula is C14H11BrCl2N2O. The van der Waals surface area contributed by atoms with Crippen molar-refractivity contribution in [1.29, 1.82) is 0 Å². The van der Waals surface area contributed by atoms with E-state index >= 15 is 0 Å². The zero-order valence-corrected chi connectivity index (χ0v) is 13.6. The average Bonchev–Trinajstić information content (AvgIpc) is 2.42. The smallest absolute Gasteiger partial charge is 0.306 e. The zero-order chi connectivity index (χ0) is 14.7. The second-order valence-corrected chi connectivity index (χ2v) is 5.85. The second-order valence-electron chi connectivity index (χ2n) is 4.09. The molecule has 2 rings (SSSR count). The van der Waals surface area contributed by atoms with Gasteiger partial charge in [0.1, 0.15) is 0 Å². The largest absolute Gasteiger partial charge is 0.326 e. The fourth-order valence-electron chi connectivity index (χ4n) is 1.59. The van der Waals surface area contributed by atoms with Gasteiger partial charge in [-0.25, -0.2) is 4.79 Å². The molecule has 2 aromatic rings. The van der Waals surface area contributed by atoms with E-state index in [1.54, 1.807) is 25.2 Å². The summed E-state index contributed by atoms with van der Waals surface area (Å²) in [5, 5.41) is 3.67. The van der Waals surface area contributed by atoms with E-state index in [0.717, 1.165) is 10.2 Å². The number of urea groups is 1. The number of nitrogens with zero attached hydrogens (tertiary/aromatic N) is 1. The number of anilines is 2. The molecule has 0 fully saturated rings. The first-order valence-electron chi connectivity index (χ1n) is 5.72. The summed E-state index contributed by atoms with van der Waals surface area (Å²) in [5.74, 6) is 0. The van der Waals surface area contributed by atoms with Crippen LogP contribution in [0.1, 0.15) is 0 Å². The fourth-order valence-corrected chi connectivity index (χ4v) is 2.32. The molecule has 0 aliphatic heterocycles. The molecule has 0 aromatic heterocycles. The lowest BCUT2D eigenvalue weighted by molar-refractivity contribution is 0.258. The summed E-state index contributed by atoms with van der Waals surface area (Å²) in [4.78, 5) is 13.7. The minimum atomic E-state index is -0.299. The van der Waals surface area contributed by atoms with Crippen LogP contribution in [0.15, 0.2) is 46.9 Å². The van der Waals surface area contributed by atoms with Crippen molar-refractivity contribution in [3.63, 3.8) is 0 Å². The number of amides is 2. The van der Waals surface area contributed by atoms with E-state index in [1.807, 2.05) is 24.3 Å². The molecule has 20 heavy (non-hydrogen) atoms. The summed E-state index contributed by atoms with van der Waals surface area (Å²) in [6.45, 7) is 0. The third-order valence-corrected chi connectivity index (χ3v) is 3.73. The van der Waals surface area contributed by atoms with Gasteiger partial charge in [-0.3, -0.25) is 4.90 Å². The second kappa shape index (κ2) is 6.48. The molecule has 0 bridgehead atoms. The van der Waals surface area contributed by atoms with Crippen LogP contribution in [0.5, 0.6) is 0 Å². The van der Waals surface area contributed by atoms with Crippen LogP contribution in [0.4, 0.5) is 16.2 Å². The lowest BCUT2D eigenvalue weighted by atomic mass is 10.3. The molecule has 6 heteroatoms. The van der Waals surface area contributed by atoms with Crippen LogP contribution < -0.4 is 10.2 Å². The highest BCUT2D eigenvalue weighted by Crippen LogP contribution is 2.26. The molecular weight excluding hydrogens is 363 g/mol. The molecule has 0 aliphatic carbocycles. The van der Waals surface area contributed by atoms with Gasteiger partial charge in [0.05, 0.1) is 10.7 Å². The van der Waals surface area contributed by atoms with Gasteiger partial charge in [0.15, 0.2) is 0 Å². The average molecular weight is 374 g/mol. The Balaban J connectivity index is 2.17. The van der Waals surface area contributed by atoms with Crippen molar-refractivity contribution in [3.05, 3.63) is 57.0 Å². The van der Waals surface area contributed by atoms with Crippen molar-refractivity contribution in [1.82, 2.24) is 0 Å². The Morgan fingerprint density at radius 2 is 1.95 bits per heavy atom. The van der Waals surface area contributed by atoms with Gasteiger partial charge in [-0.2, -0.15) is 0 Å². The topological polar surface area (TPSA) is 32.3 Å². The van der Waals surface area contributed by atoms with Gasteiger partial charge in [-0.05, 0) is 36.4 Å². The standard InChI is InChI=1S/C14H11BrCl2N2O/c1-19(11-4-2-3-9(15)7-11)14(20)18-13-8-10(16)5-6-12(13)17/h2-8H,1H3,(H,18,20). The number of carbonyl (C=O) groups excluding carboxylic acids is 1. The van der Waals surface area contributed by atoms with E-state index in [2.05, 4.69) is 21.2 Å². The minimum absolute atomic E-state index is 0.299. The molecule has 0 atom stereocenters. The number of hydrogen-bond acceptors (Lipinski definition) is 1. The summed E-state index contributed by atoms with van der Waals surface area (Å²) < 4.78 is 0.899. The van der Waals surface area contributed by atoms with Gasteiger partial charge >= 0.3 is 6.03 Å². The first kappa shape index (κ1) is 15.2. The summed E-state index contributed by atoms with van der Waals surface area (Å²) >= 11 is 15.3. The van der Waals surface area contributed by atoms with E-state index in [4.69, 9.17) is 23.2 Å². The van der Waals surface area contributed by atoms with Crippen molar-refractivity contribution in [2.75, 3.05) is 17.3 Å². The quantitative estimate of drug-likeness (QED) is 0.748. The maximum atomic E-state index is 12.2. The van der Waals surface area contributed by atoms with Crippen LogP contribution in [-0.2, 0) is 0 Å². The number of rotatable bonds is 2. The first-order valence-corrected chi connectivity index (χ1v) is 7.27. The van der Waals surface area contributed by atoms with Crippen LogP contribution in [0, 0.1) is 0 Å². The third-order valence-electron chi connectivity index (χ3n) is 2.67. The maximum absolute atomic E-state index is 12.2. The predicted molar refractivity (Wildman–Crippen MR) is 88.0 cm³/mol. The van der Waals surface area contributed by atoms with E-state index in [0.29, 0.717) is 15.7 Å². The van der Waals surface area contributed by atoms with E-state index in [1.165, 1.54) is 4.90 Å². The number of hydrogen-bond donors (Lipinski definition) is 1. The van der Waals surface area contributed by atoms with Crippen LogP contribution in [0.3, 0.4) is 0 Å². The molecule has 0 radical (unpaired) electrons. The normalized spacial score (nSPS) is 10.2. The molecule has 0 aliphatic rings. The predicted octanol–water partition coefficient (Wildman–Crippen LogP) is 5.42. The Hall–Kier alpha value is -1.23. The lowest BCUT2D eigenvalue weighted by Gasteiger charge is -2.19. The summed E-state index contributed by atoms with van der Waals surface area (Å²) in [6, 6.07) is 12.0. The van der Waals surface area contributed by atoms with Crippen LogP contribution in [0.25, 0.3) is 0 Å². The molecule has 0 heterocycles. The Kier molecular flexibility index (Phi) is 4.91. The molecule has 0 spiro atoms. The summed E-state index contributed by atoms with van der Waals surface area (Å²) in [6.07, 6.45) is 0.